The summed E-state index contributed by atoms with van der Waals surface area (Å²) >= 11 is 1.74. The summed E-state index contributed by atoms with van der Waals surface area (Å²) in [6.45, 7) is 5.96. The van der Waals surface area contributed by atoms with Gasteiger partial charge in [-0.1, -0.05) is 70.6 Å². The van der Waals surface area contributed by atoms with E-state index in [2.05, 4.69) is 18.5 Å². The van der Waals surface area contributed by atoms with E-state index in [1.165, 1.54) is 38.5 Å². The first-order valence-corrected chi connectivity index (χ1v) is 13.3. The number of benzene rings is 1. The van der Waals surface area contributed by atoms with Gasteiger partial charge in [-0.3, -0.25) is 10.1 Å². The topological polar surface area (TPSA) is 49.6 Å². The van der Waals surface area contributed by atoms with E-state index in [0.717, 1.165) is 44.5 Å². The van der Waals surface area contributed by atoms with E-state index in [4.69, 9.17) is 5.50 Å². The van der Waals surface area contributed by atoms with Crippen LogP contribution in [0.5, 0.6) is 0 Å². The number of anilines is 1. The molecule has 154 valence electrons. The molecule has 6 heteroatoms. The zero-order chi connectivity index (χ0) is 19.5. The summed E-state index contributed by atoms with van der Waals surface area (Å²) in [7, 11) is -3.15. The third-order valence-electron chi connectivity index (χ3n) is 5.23. The molecular weight excluding hydrogens is 373 g/mol. The fourth-order valence-corrected chi connectivity index (χ4v) is 7.40. The van der Waals surface area contributed by atoms with Crippen molar-refractivity contribution in [2.24, 2.45) is 5.50 Å². The molecule has 1 unspecified atom stereocenters. The molecular formula is C21H38N3OPS. The van der Waals surface area contributed by atoms with E-state index in [1.54, 1.807) is 11.9 Å². The Bertz CT molecular complexity index is 556. The fourth-order valence-electron chi connectivity index (χ4n) is 3.53. The smallest absolute Gasteiger partial charge is 0.263 e. The number of hydrogen-bond donors (Lipinski definition) is 1. The van der Waals surface area contributed by atoms with E-state index in [-0.39, 0.29) is 0 Å². The lowest BCUT2D eigenvalue weighted by molar-refractivity contribution is 0.394. The lowest BCUT2D eigenvalue weighted by atomic mass is 10.2. The highest BCUT2D eigenvalue weighted by Gasteiger charge is 2.35. The van der Waals surface area contributed by atoms with E-state index < -0.39 is 7.59 Å². The second-order valence-corrected chi connectivity index (χ2v) is 11.2. The van der Waals surface area contributed by atoms with Crippen molar-refractivity contribution in [1.29, 1.82) is 0 Å². The molecule has 0 radical (unpaired) electrons. The maximum Gasteiger partial charge on any atom is 0.315 e. The number of para-hydroxylation sites is 1. The van der Waals surface area contributed by atoms with Crippen molar-refractivity contribution in [3.63, 3.8) is 0 Å². The molecule has 4 nitrogen and oxygen atoms in total. The molecule has 1 aliphatic carbocycles. The first-order chi connectivity index (χ1) is 13.1. The average Bonchev–Trinajstić information content (AvgIpc) is 2.95. The fraction of sp³-hybridized carbons (Fsp3) is 0.714. The van der Waals surface area contributed by atoms with Crippen LogP contribution < -0.4 is 9.58 Å². The van der Waals surface area contributed by atoms with Gasteiger partial charge in [0.05, 0.1) is 5.69 Å². The molecule has 1 aromatic carbocycles. The Hall–Kier alpha value is -0.480. The molecule has 0 heterocycles. The normalized spacial score (nSPS) is 18.2. The molecule has 0 aliphatic heterocycles. The number of nitrogens with zero attached hydrogens (tertiary/aromatic N) is 2. The van der Waals surface area contributed by atoms with Crippen molar-refractivity contribution in [2.45, 2.75) is 83.3 Å². The number of nitrogens with two attached hydrogens (primary N) is 1. The van der Waals surface area contributed by atoms with Crippen LogP contribution in [0.15, 0.2) is 30.3 Å². The highest BCUT2D eigenvalue weighted by Crippen LogP contribution is 2.54. The summed E-state index contributed by atoms with van der Waals surface area (Å²) < 4.78 is 18.0. The summed E-state index contributed by atoms with van der Waals surface area (Å²) in [5.41, 5.74) is 7.63. The van der Waals surface area contributed by atoms with Gasteiger partial charge in [-0.15, -0.1) is 0 Å². The van der Waals surface area contributed by atoms with Crippen LogP contribution in [0.25, 0.3) is 0 Å². The quantitative estimate of drug-likeness (QED) is 0.246. The predicted molar refractivity (Wildman–Crippen MR) is 121 cm³/mol. The minimum Gasteiger partial charge on any atom is -0.263 e. The Morgan fingerprint density at radius 2 is 1.56 bits per heavy atom. The van der Waals surface area contributed by atoms with Gasteiger partial charge in [0, 0.05) is 18.3 Å². The zero-order valence-corrected chi connectivity index (χ0v) is 18.9. The minimum absolute atomic E-state index is 0.504. The second kappa shape index (κ2) is 12.2. The molecule has 2 N–H and O–H groups in total. The maximum absolute atomic E-state index is 14.0. The van der Waals surface area contributed by atoms with E-state index >= 15 is 0 Å². The van der Waals surface area contributed by atoms with E-state index in [1.807, 2.05) is 34.4 Å². The Kier molecular flexibility index (Phi) is 10.3. The van der Waals surface area contributed by atoms with Crippen LogP contribution in [0.1, 0.15) is 78.1 Å². The van der Waals surface area contributed by atoms with Crippen molar-refractivity contribution in [1.82, 2.24) is 4.67 Å². The lowest BCUT2D eigenvalue weighted by Crippen LogP contribution is -2.35. The number of unbranched alkanes of at least 4 members (excludes halogenated alkanes) is 2. The van der Waals surface area contributed by atoms with Crippen LogP contribution in [0.3, 0.4) is 0 Å². The van der Waals surface area contributed by atoms with Crippen molar-refractivity contribution in [2.75, 3.05) is 17.2 Å². The van der Waals surface area contributed by atoms with Crippen LogP contribution in [-0.4, -0.2) is 23.0 Å². The molecule has 1 aliphatic rings. The highest BCUT2D eigenvalue weighted by atomic mass is 32.2. The molecule has 1 fully saturated rings. The van der Waals surface area contributed by atoms with E-state index in [0.29, 0.717) is 5.25 Å². The van der Waals surface area contributed by atoms with Crippen molar-refractivity contribution >= 4 is 25.2 Å². The molecule has 0 aromatic heterocycles. The van der Waals surface area contributed by atoms with Crippen LogP contribution in [0.4, 0.5) is 5.69 Å². The van der Waals surface area contributed by atoms with Crippen LogP contribution >= 0.6 is 19.5 Å². The standard InChI is InChI=1S/C21H38N3OPS/c1-3-5-18-23(19-6-4-2)26(22,25)24(20-14-10-9-11-15-20)27-21-16-12-7-8-13-17-21/h9-11,14-15,21H,3-8,12-13,16-19H2,1-2H3,(H2,22,25). The Morgan fingerprint density at radius 1 is 1.00 bits per heavy atom. The Balaban J connectivity index is 2.26. The summed E-state index contributed by atoms with van der Waals surface area (Å²) in [5, 5.41) is 0.504. The SMILES string of the molecule is CCCCN(CCCC)P(N)(=O)N(SC1CCCCCC1)c1ccccc1. The predicted octanol–water partition coefficient (Wildman–Crippen LogP) is 6.83. The largest absolute Gasteiger partial charge is 0.315 e. The van der Waals surface area contributed by atoms with Gasteiger partial charge in [-0.25, -0.2) is 8.75 Å². The van der Waals surface area contributed by atoms with Gasteiger partial charge in [0.2, 0.25) is 0 Å². The summed E-state index contributed by atoms with van der Waals surface area (Å²) in [4.78, 5) is 0. The first kappa shape index (κ1) is 22.8. The first-order valence-electron chi connectivity index (χ1n) is 10.8. The van der Waals surface area contributed by atoms with Gasteiger partial charge < -0.3 is 0 Å². The van der Waals surface area contributed by atoms with Crippen molar-refractivity contribution in [3.05, 3.63) is 30.3 Å². The maximum atomic E-state index is 14.0. The van der Waals surface area contributed by atoms with Gasteiger partial charge in [-0.2, -0.15) is 0 Å². The van der Waals surface area contributed by atoms with Gasteiger partial charge in [0.15, 0.2) is 0 Å². The minimum atomic E-state index is -3.15. The molecule has 27 heavy (non-hydrogen) atoms. The molecule has 0 amide bonds. The van der Waals surface area contributed by atoms with Crippen LogP contribution in [0, 0.1) is 0 Å². The Morgan fingerprint density at radius 3 is 2.07 bits per heavy atom. The third-order valence-corrected chi connectivity index (χ3v) is 9.36. The Labute approximate surface area is 170 Å². The molecule has 0 bridgehead atoms. The molecule has 1 saturated carbocycles. The van der Waals surface area contributed by atoms with Gasteiger partial charge >= 0.3 is 7.59 Å². The summed E-state index contributed by atoms with van der Waals surface area (Å²) in [6.07, 6.45) is 11.8. The third kappa shape index (κ3) is 7.12. The molecule has 0 spiro atoms. The molecule has 1 atom stereocenters. The summed E-state index contributed by atoms with van der Waals surface area (Å²) in [5.74, 6) is 0. The number of hydrogen-bond acceptors (Lipinski definition) is 2. The van der Waals surface area contributed by atoms with Gasteiger partial charge in [0.25, 0.3) is 0 Å². The lowest BCUT2D eigenvalue weighted by Gasteiger charge is -2.38. The van der Waals surface area contributed by atoms with Crippen LogP contribution in [-0.2, 0) is 4.57 Å². The zero-order valence-electron chi connectivity index (χ0n) is 17.2. The summed E-state index contributed by atoms with van der Waals surface area (Å²) in [6, 6.07) is 10.1. The number of rotatable bonds is 11. The van der Waals surface area contributed by atoms with Crippen molar-refractivity contribution in [3.8, 4) is 0 Å². The van der Waals surface area contributed by atoms with Gasteiger partial charge in [-0.05, 0) is 49.8 Å². The molecule has 0 saturated heterocycles. The second-order valence-electron chi connectivity index (χ2n) is 7.58. The monoisotopic (exact) mass is 411 g/mol. The van der Waals surface area contributed by atoms with E-state index in [9.17, 15) is 4.57 Å². The van der Waals surface area contributed by atoms with Crippen molar-refractivity contribution < 1.29 is 4.57 Å². The molecule has 1 aromatic rings. The molecule has 2 rings (SSSR count). The van der Waals surface area contributed by atoms with Gasteiger partial charge in [0.1, 0.15) is 0 Å². The van der Waals surface area contributed by atoms with Crippen LogP contribution in [0.2, 0.25) is 0 Å². The average molecular weight is 412 g/mol. The highest BCUT2D eigenvalue weighted by molar-refractivity contribution is 8.07.